The van der Waals surface area contributed by atoms with Gasteiger partial charge in [-0.15, -0.1) is 0 Å². The molecule has 124 valence electrons. The fraction of sp³-hybridized carbons (Fsp3) is 0.684. The number of ketones is 1. The van der Waals surface area contributed by atoms with Gasteiger partial charge in [0.2, 0.25) is 0 Å². The molecule has 0 aromatic rings. The van der Waals surface area contributed by atoms with Crippen molar-refractivity contribution < 1.29 is 14.3 Å². The minimum atomic E-state index is -0.656. The number of nitriles is 1. The topological polar surface area (TPSA) is 59.3 Å². The summed E-state index contributed by atoms with van der Waals surface area (Å²) in [5.74, 6) is 0.423. The molecule has 3 rings (SSSR count). The van der Waals surface area contributed by atoms with Gasteiger partial charge in [0.1, 0.15) is 0 Å². The molecule has 0 aromatic heterocycles. The Balaban J connectivity index is 2.18. The first-order valence-electron chi connectivity index (χ1n) is 8.41. The lowest BCUT2D eigenvalue weighted by molar-refractivity contribution is -0.150. The van der Waals surface area contributed by atoms with Crippen molar-refractivity contribution in [2.24, 2.45) is 22.7 Å². The van der Waals surface area contributed by atoms with E-state index in [1.165, 1.54) is 0 Å². The average Bonchev–Trinajstić information content (AvgIpc) is 3.06. The standard InChI is InChI=1S/C19H25NO3/c1-12(2)15-9-13(3)18(4,17-22-7-8-23-17)16-10-14(21)5-6-19(15,16)11-20/h10,13,15,17H,1,5-9H2,2-4H3/t13-,15+,18+,19-/m1/s1. The zero-order valence-corrected chi connectivity index (χ0v) is 14.2. The summed E-state index contributed by atoms with van der Waals surface area (Å²) in [4.78, 5) is 12.2. The van der Waals surface area contributed by atoms with Crippen LogP contribution in [0.25, 0.3) is 0 Å². The van der Waals surface area contributed by atoms with Gasteiger partial charge in [0, 0.05) is 17.8 Å². The molecule has 1 saturated heterocycles. The van der Waals surface area contributed by atoms with Gasteiger partial charge < -0.3 is 9.47 Å². The molecule has 3 aliphatic rings. The Labute approximate surface area is 138 Å². The van der Waals surface area contributed by atoms with E-state index in [-0.39, 0.29) is 23.9 Å². The summed E-state index contributed by atoms with van der Waals surface area (Å²) >= 11 is 0. The molecule has 4 atom stereocenters. The van der Waals surface area contributed by atoms with Crippen LogP contribution in [0.4, 0.5) is 0 Å². The lowest BCUT2D eigenvalue weighted by Crippen LogP contribution is -2.54. The number of hydrogen-bond donors (Lipinski definition) is 0. The van der Waals surface area contributed by atoms with Crippen molar-refractivity contribution in [1.29, 1.82) is 5.26 Å². The minimum absolute atomic E-state index is 0.0799. The molecule has 0 radical (unpaired) electrons. The number of ether oxygens (including phenoxy) is 2. The number of carbonyl (C=O) groups is 1. The van der Waals surface area contributed by atoms with Crippen LogP contribution >= 0.6 is 0 Å². The quantitative estimate of drug-likeness (QED) is 0.733. The maximum absolute atomic E-state index is 12.2. The SMILES string of the molecule is C=C(C)[C@@H]1C[C@@H](C)[C@](C)(C2OCCO2)C2=CC(=O)CC[C@]21C#N. The third kappa shape index (κ3) is 2.21. The molecular formula is C19H25NO3. The van der Waals surface area contributed by atoms with E-state index in [2.05, 4.69) is 26.5 Å². The van der Waals surface area contributed by atoms with E-state index in [0.717, 1.165) is 17.6 Å². The molecule has 1 heterocycles. The molecule has 0 amide bonds. The second-order valence-electron chi connectivity index (χ2n) is 7.50. The molecule has 0 bridgehead atoms. The van der Waals surface area contributed by atoms with Crippen molar-refractivity contribution in [3.05, 3.63) is 23.8 Å². The van der Waals surface area contributed by atoms with Crippen LogP contribution in [0.2, 0.25) is 0 Å². The van der Waals surface area contributed by atoms with Gasteiger partial charge in [-0.1, -0.05) is 26.0 Å². The Hall–Kier alpha value is -1.44. The van der Waals surface area contributed by atoms with Gasteiger partial charge in [-0.05, 0) is 37.3 Å². The molecule has 0 N–H and O–H groups in total. The van der Waals surface area contributed by atoms with Crippen molar-refractivity contribution >= 4 is 5.78 Å². The average molecular weight is 315 g/mol. The third-order valence-corrected chi connectivity index (χ3v) is 6.25. The predicted molar refractivity (Wildman–Crippen MR) is 86.3 cm³/mol. The lowest BCUT2D eigenvalue weighted by Gasteiger charge is -2.56. The fourth-order valence-corrected chi connectivity index (χ4v) is 4.76. The largest absolute Gasteiger partial charge is 0.349 e. The molecular weight excluding hydrogens is 290 g/mol. The fourth-order valence-electron chi connectivity index (χ4n) is 4.76. The maximum atomic E-state index is 12.2. The molecule has 0 aromatic carbocycles. The van der Waals surface area contributed by atoms with E-state index >= 15 is 0 Å². The van der Waals surface area contributed by atoms with Crippen molar-refractivity contribution in [1.82, 2.24) is 0 Å². The van der Waals surface area contributed by atoms with Crippen LogP contribution in [-0.4, -0.2) is 25.3 Å². The Morgan fingerprint density at radius 1 is 1.43 bits per heavy atom. The Morgan fingerprint density at radius 3 is 2.65 bits per heavy atom. The normalized spacial score (nSPS) is 41.1. The second kappa shape index (κ2) is 5.58. The number of allylic oxidation sites excluding steroid dienone is 2. The van der Waals surface area contributed by atoms with Crippen molar-refractivity contribution in [2.45, 2.75) is 46.3 Å². The van der Waals surface area contributed by atoms with E-state index in [0.29, 0.717) is 26.1 Å². The zero-order chi connectivity index (χ0) is 16.8. The van der Waals surface area contributed by atoms with Crippen molar-refractivity contribution in [3.8, 4) is 6.07 Å². The summed E-state index contributed by atoms with van der Waals surface area (Å²) in [6, 6.07) is 2.58. The van der Waals surface area contributed by atoms with E-state index in [1.54, 1.807) is 6.08 Å². The molecule has 1 aliphatic heterocycles. The Morgan fingerprint density at radius 2 is 2.09 bits per heavy atom. The highest BCUT2D eigenvalue weighted by atomic mass is 16.7. The van der Waals surface area contributed by atoms with Crippen LogP contribution in [0.1, 0.15) is 40.0 Å². The number of rotatable bonds is 2. The minimum Gasteiger partial charge on any atom is -0.349 e. The molecule has 0 unspecified atom stereocenters. The number of hydrogen-bond acceptors (Lipinski definition) is 4. The summed E-state index contributed by atoms with van der Waals surface area (Å²) < 4.78 is 11.7. The number of nitrogens with zero attached hydrogens (tertiary/aromatic N) is 1. The Bertz CT molecular complexity index is 611. The van der Waals surface area contributed by atoms with Crippen LogP contribution in [0.15, 0.2) is 23.8 Å². The zero-order valence-electron chi connectivity index (χ0n) is 14.2. The van der Waals surface area contributed by atoms with E-state index < -0.39 is 10.8 Å². The van der Waals surface area contributed by atoms with Gasteiger partial charge in [-0.3, -0.25) is 4.79 Å². The summed E-state index contributed by atoms with van der Waals surface area (Å²) in [6.45, 7) is 11.5. The molecule has 4 heteroatoms. The summed E-state index contributed by atoms with van der Waals surface area (Å²) in [6.07, 6.45) is 3.20. The van der Waals surface area contributed by atoms with Crippen LogP contribution in [-0.2, 0) is 14.3 Å². The van der Waals surface area contributed by atoms with Gasteiger partial charge in [0.15, 0.2) is 12.1 Å². The lowest BCUT2D eigenvalue weighted by atomic mass is 9.47. The summed E-state index contributed by atoms with van der Waals surface area (Å²) in [7, 11) is 0. The van der Waals surface area contributed by atoms with E-state index in [9.17, 15) is 10.1 Å². The molecule has 4 nitrogen and oxygen atoms in total. The van der Waals surface area contributed by atoms with Gasteiger partial charge in [-0.25, -0.2) is 0 Å². The predicted octanol–water partition coefficient (Wildman–Crippen LogP) is 3.40. The first kappa shape index (κ1) is 16.4. The van der Waals surface area contributed by atoms with Crippen LogP contribution in [0.5, 0.6) is 0 Å². The number of carbonyl (C=O) groups excluding carboxylic acids is 1. The van der Waals surface area contributed by atoms with Crippen LogP contribution in [0, 0.1) is 34.0 Å². The van der Waals surface area contributed by atoms with Gasteiger partial charge in [-0.2, -0.15) is 5.26 Å². The van der Waals surface area contributed by atoms with Crippen molar-refractivity contribution in [2.75, 3.05) is 13.2 Å². The number of fused-ring (bicyclic) bond motifs is 1. The van der Waals surface area contributed by atoms with Gasteiger partial charge in [0.25, 0.3) is 0 Å². The summed E-state index contributed by atoms with van der Waals surface area (Å²) in [5, 5.41) is 10.1. The van der Waals surface area contributed by atoms with Crippen LogP contribution in [0.3, 0.4) is 0 Å². The smallest absolute Gasteiger partial charge is 0.167 e. The van der Waals surface area contributed by atoms with Crippen molar-refractivity contribution in [3.63, 3.8) is 0 Å². The second-order valence-corrected chi connectivity index (χ2v) is 7.50. The van der Waals surface area contributed by atoms with E-state index in [1.807, 2.05) is 6.92 Å². The molecule has 23 heavy (non-hydrogen) atoms. The highest BCUT2D eigenvalue weighted by Gasteiger charge is 2.60. The first-order chi connectivity index (χ1) is 10.9. The molecule has 1 saturated carbocycles. The first-order valence-corrected chi connectivity index (χ1v) is 8.41. The highest BCUT2D eigenvalue weighted by molar-refractivity contribution is 5.92. The summed E-state index contributed by atoms with van der Waals surface area (Å²) in [5.41, 5.74) is 0.821. The van der Waals surface area contributed by atoms with Gasteiger partial charge >= 0.3 is 0 Å². The maximum Gasteiger partial charge on any atom is 0.167 e. The molecule has 2 aliphatic carbocycles. The van der Waals surface area contributed by atoms with Crippen LogP contribution < -0.4 is 0 Å². The van der Waals surface area contributed by atoms with Gasteiger partial charge in [0.05, 0.1) is 24.7 Å². The highest BCUT2D eigenvalue weighted by Crippen LogP contribution is 2.62. The Kier molecular flexibility index (Phi) is 3.98. The molecule has 2 fully saturated rings. The third-order valence-electron chi connectivity index (χ3n) is 6.25. The monoisotopic (exact) mass is 315 g/mol. The van der Waals surface area contributed by atoms with E-state index in [4.69, 9.17) is 9.47 Å². The molecule has 0 spiro atoms.